The van der Waals surface area contributed by atoms with Crippen LogP contribution >= 0.6 is 12.4 Å². The number of benzene rings is 1. The van der Waals surface area contributed by atoms with Gasteiger partial charge in [0.05, 0.1) is 18.0 Å². The number of methoxy groups -OCH3 is 1. The topological polar surface area (TPSA) is 38.6 Å². The third kappa shape index (κ3) is 4.02. The molecule has 5 heteroatoms. The Morgan fingerprint density at radius 3 is 2.65 bits per heavy atom. The van der Waals surface area contributed by atoms with Gasteiger partial charge < -0.3 is 14.5 Å². The summed E-state index contributed by atoms with van der Waals surface area (Å²) in [6.07, 6.45) is 3.08. The Morgan fingerprint density at radius 1 is 1.15 bits per heavy atom. The summed E-state index contributed by atoms with van der Waals surface area (Å²) in [6, 6.07) is 8.66. The Bertz CT molecular complexity index is 902. The van der Waals surface area contributed by atoms with Crippen LogP contribution in [0.25, 0.3) is 5.65 Å². The lowest BCUT2D eigenvalue weighted by Gasteiger charge is -2.15. The Morgan fingerprint density at radius 2 is 1.92 bits per heavy atom. The van der Waals surface area contributed by atoms with Crippen LogP contribution in [0.15, 0.2) is 30.5 Å². The van der Waals surface area contributed by atoms with Crippen LogP contribution in [-0.2, 0) is 17.7 Å². The standard InChI is InChI=1S/C21H27N3O.ClH/c1-14-11-20(21-23-16(3)17(4)24(21)13-14)22-12-19-15(2)7-6-8-18(19)9-10-25-5;/h6-8,11,13,22H,9-10,12H2,1-5H3;1H. The van der Waals surface area contributed by atoms with Gasteiger partial charge in [0, 0.05) is 25.5 Å². The Balaban J connectivity index is 0.00000243. The molecule has 2 aromatic heterocycles. The van der Waals surface area contributed by atoms with E-state index in [1.54, 1.807) is 7.11 Å². The molecule has 0 spiro atoms. The molecule has 0 aliphatic heterocycles. The van der Waals surface area contributed by atoms with Gasteiger partial charge in [-0.1, -0.05) is 18.2 Å². The zero-order valence-electron chi connectivity index (χ0n) is 16.2. The van der Waals surface area contributed by atoms with Crippen molar-refractivity contribution in [1.29, 1.82) is 0 Å². The molecular weight excluding hydrogens is 346 g/mol. The van der Waals surface area contributed by atoms with Crippen molar-refractivity contribution in [2.24, 2.45) is 0 Å². The summed E-state index contributed by atoms with van der Waals surface area (Å²) in [5, 5.41) is 3.62. The van der Waals surface area contributed by atoms with Crippen molar-refractivity contribution in [2.45, 2.75) is 40.7 Å². The van der Waals surface area contributed by atoms with E-state index in [-0.39, 0.29) is 12.4 Å². The molecule has 1 N–H and O–H groups in total. The fourth-order valence-electron chi connectivity index (χ4n) is 3.28. The number of pyridine rings is 1. The van der Waals surface area contributed by atoms with Crippen molar-refractivity contribution >= 4 is 23.7 Å². The Labute approximate surface area is 162 Å². The van der Waals surface area contributed by atoms with Gasteiger partial charge in [0.1, 0.15) is 0 Å². The first-order valence-electron chi connectivity index (χ1n) is 8.77. The lowest BCUT2D eigenvalue weighted by atomic mass is 9.99. The molecule has 140 valence electrons. The molecule has 2 heterocycles. The molecule has 3 rings (SSSR count). The van der Waals surface area contributed by atoms with Gasteiger partial charge in [-0.2, -0.15) is 0 Å². The number of anilines is 1. The van der Waals surface area contributed by atoms with Gasteiger partial charge in [-0.15, -0.1) is 12.4 Å². The normalized spacial score (nSPS) is 10.8. The van der Waals surface area contributed by atoms with Crippen molar-refractivity contribution in [3.05, 3.63) is 64.1 Å². The summed E-state index contributed by atoms with van der Waals surface area (Å²) in [7, 11) is 1.75. The van der Waals surface area contributed by atoms with Crippen LogP contribution in [0.2, 0.25) is 0 Å². The highest BCUT2D eigenvalue weighted by atomic mass is 35.5. The van der Waals surface area contributed by atoms with E-state index in [1.807, 2.05) is 0 Å². The third-order valence-electron chi connectivity index (χ3n) is 4.87. The zero-order chi connectivity index (χ0) is 18.0. The van der Waals surface area contributed by atoms with E-state index in [4.69, 9.17) is 9.72 Å². The van der Waals surface area contributed by atoms with Gasteiger partial charge in [0.25, 0.3) is 0 Å². The molecule has 1 aromatic carbocycles. The Kier molecular flexibility index (Phi) is 6.68. The molecule has 0 unspecified atom stereocenters. The number of fused-ring (bicyclic) bond motifs is 1. The van der Waals surface area contributed by atoms with Crippen LogP contribution in [0.1, 0.15) is 33.6 Å². The lowest BCUT2D eigenvalue weighted by molar-refractivity contribution is 0.202. The number of nitrogens with zero attached hydrogens (tertiary/aromatic N) is 2. The number of nitrogens with one attached hydrogen (secondary N) is 1. The van der Waals surface area contributed by atoms with E-state index in [0.717, 1.165) is 36.6 Å². The number of ether oxygens (including phenoxy) is 1. The molecular formula is C21H28ClN3O. The minimum atomic E-state index is 0. The maximum Gasteiger partial charge on any atom is 0.160 e. The molecule has 0 saturated heterocycles. The zero-order valence-corrected chi connectivity index (χ0v) is 17.0. The minimum Gasteiger partial charge on any atom is -0.384 e. The van der Waals surface area contributed by atoms with E-state index >= 15 is 0 Å². The molecule has 3 aromatic rings. The van der Waals surface area contributed by atoms with Crippen LogP contribution in [0.5, 0.6) is 0 Å². The van der Waals surface area contributed by atoms with Crippen molar-refractivity contribution in [2.75, 3.05) is 19.0 Å². The van der Waals surface area contributed by atoms with Crippen LogP contribution in [-0.4, -0.2) is 23.1 Å². The van der Waals surface area contributed by atoms with Crippen molar-refractivity contribution in [3.8, 4) is 0 Å². The van der Waals surface area contributed by atoms with E-state index in [9.17, 15) is 0 Å². The third-order valence-corrected chi connectivity index (χ3v) is 4.87. The van der Waals surface area contributed by atoms with Crippen LogP contribution < -0.4 is 5.32 Å². The van der Waals surface area contributed by atoms with E-state index in [0.29, 0.717) is 0 Å². The van der Waals surface area contributed by atoms with Gasteiger partial charge in [-0.3, -0.25) is 0 Å². The first-order chi connectivity index (χ1) is 12.0. The van der Waals surface area contributed by atoms with Crippen LogP contribution in [0, 0.1) is 27.7 Å². The monoisotopic (exact) mass is 373 g/mol. The van der Waals surface area contributed by atoms with Crippen molar-refractivity contribution in [3.63, 3.8) is 0 Å². The molecule has 0 aliphatic carbocycles. The summed E-state index contributed by atoms with van der Waals surface area (Å²) in [5.41, 5.74) is 9.56. The molecule has 4 nitrogen and oxygen atoms in total. The highest BCUT2D eigenvalue weighted by Gasteiger charge is 2.11. The smallest absolute Gasteiger partial charge is 0.160 e. The number of aromatic nitrogens is 2. The quantitative estimate of drug-likeness (QED) is 0.675. The number of imidazole rings is 1. The highest BCUT2D eigenvalue weighted by Crippen LogP contribution is 2.23. The first-order valence-corrected chi connectivity index (χ1v) is 8.77. The fraction of sp³-hybridized carbons (Fsp3) is 0.381. The molecule has 0 fully saturated rings. The number of aryl methyl sites for hydroxylation is 4. The van der Waals surface area contributed by atoms with E-state index in [1.165, 1.54) is 27.9 Å². The average Bonchev–Trinajstić information content (AvgIpc) is 2.87. The average molecular weight is 374 g/mol. The molecule has 26 heavy (non-hydrogen) atoms. The number of hydrogen-bond donors (Lipinski definition) is 1. The van der Waals surface area contributed by atoms with Gasteiger partial charge >= 0.3 is 0 Å². The maximum atomic E-state index is 5.26. The molecule has 0 aliphatic rings. The fourth-order valence-corrected chi connectivity index (χ4v) is 3.28. The van der Waals surface area contributed by atoms with Crippen molar-refractivity contribution < 1.29 is 4.74 Å². The van der Waals surface area contributed by atoms with Gasteiger partial charge in [0.15, 0.2) is 5.65 Å². The van der Waals surface area contributed by atoms with Gasteiger partial charge in [0.2, 0.25) is 0 Å². The van der Waals surface area contributed by atoms with E-state index in [2.05, 4.69) is 67.9 Å². The predicted octanol–water partition coefficient (Wildman–Crippen LogP) is 4.79. The molecule has 0 atom stereocenters. The summed E-state index contributed by atoms with van der Waals surface area (Å²) < 4.78 is 7.44. The number of rotatable bonds is 6. The largest absolute Gasteiger partial charge is 0.384 e. The van der Waals surface area contributed by atoms with Gasteiger partial charge in [-0.05, 0) is 62.4 Å². The number of hydrogen-bond acceptors (Lipinski definition) is 3. The second kappa shape index (κ2) is 8.56. The maximum absolute atomic E-state index is 5.26. The molecule has 0 saturated carbocycles. The summed E-state index contributed by atoms with van der Waals surface area (Å²) in [5.74, 6) is 0. The summed E-state index contributed by atoms with van der Waals surface area (Å²) in [4.78, 5) is 4.74. The SMILES string of the molecule is COCCc1cccc(C)c1CNc1cc(C)cn2c(C)c(C)nc12.Cl. The molecule has 0 amide bonds. The highest BCUT2D eigenvalue weighted by molar-refractivity contribution is 5.85. The molecule has 0 bridgehead atoms. The second-order valence-corrected chi connectivity index (χ2v) is 6.72. The first kappa shape index (κ1) is 20.3. The lowest BCUT2D eigenvalue weighted by Crippen LogP contribution is -2.08. The number of halogens is 1. The Hall–Kier alpha value is -2.04. The molecule has 0 radical (unpaired) electrons. The van der Waals surface area contributed by atoms with Crippen molar-refractivity contribution in [1.82, 2.24) is 9.38 Å². The van der Waals surface area contributed by atoms with E-state index < -0.39 is 0 Å². The summed E-state index contributed by atoms with van der Waals surface area (Å²) >= 11 is 0. The second-order valence-electron chi connectivity index (χ2n) is 6.72. The summed E-state index contributed by atoms with van der Waals surface area (Å²) in [6.45, 7) is 9.99. The minimum absolute atomic E-state index is 0. The van der Waals surface area contributed by atoms with Crippen LogP contribution in [0.4, 0.5) is 5.69 Å². The van der Waals surface area contributed by atoms with Crippen LogP contribution in [0.3, 0.4) is 0 Å². The van der Waals surface area contributed by atoms with Gasteiger partial charge in [-0.25, -0.2) is 4.98 Å². The predicted molar refractivity (Wildman–Crippen MR) is 111 cm³/mol.